The monoisotopic (exact) mass is 332 g/mol. The SMILES string of the molecule is CCSCCNC(=O)c1cccc(NCc2ccc(F)cc2)c1. The normalized spacial score (nSPS) is 10.3. The second kappa shape index (κ2) is 9.20. The van der Waals surface area contributed by atoms with E-state index in [1.54, 1.807) is 30.0 Å². The summed E-state index contributed by atoms with van der Waals surface area (Å²) in [7, 11) is 0. The van der Waals surface area contributed by atoms with Gasteiger partial charge in [0.25, 0.3) is 5.91 Å². The van der Waals surface area contributed by atoms with Crippen LogP contribution >= 0.6 is 11.8 Å². The van der Waals surface area contributed by atoms with Gasteiger partial charge in [-0.25, -0.2) is 4.39 Å². The number of hydrogen-bond acceptors (Lipinski definition) is 3. The van der Waals surface area contributed by atoms with Crippen LogP contribution in [0.15, 0.2) is 48.5 Å². The first-order chi connectivity index (χ1) is 11.2. The molecule has 2 aromatic rings. The second-order valence-electron chi connectivity index (χ2n) is 5.01. The van der Waals surface area contributed by atoms with E-state index in [0.717, 1.165) is 22.8 Å². The first-order valence-corrected chi connectivity index (χ1v) is 8.79. The molecule has 0 saturated carbocycles. The number of hydrogen-bond donors (Lipinski definition) is 2. The van der Waals surface area contributed by atoms with E-state index in [9.17, 15) is 9.18 Å². The van der Waals surface area contributed by atoms with Crippen LogP contribution in [0.3, 0.4) is 0 Å². The molecule has 3 nitrogen and oxygen atoms in total. The molecule has 1 amide bonds. The first-order valence-electron chi connectivity index (χ1n) is 7.63. The molecular formula is C18H21FN2OS. The van der Waals surface area contributed by atoms with Crippen LogP contribution in [0.1, 0.15) is 22.8 Å². The number of anilines is 1. The summed E-state index contributed by atoms with van der Waals surface area (Å²) >= 11 is 1.80. The van der Waals surface area contributed by atoms with Crippen molar-refractivity contribution in [1.29, 1.82) is 0 Å². The molecule has 0 aromatic heterocycles. The standard InChI is InChI=1S/C18H21FN2OS/c1-2-23-11-10-20-18(22)15-4-3-5-17(12-15)21-13-14-6-8-16(19)9-7-14/h3-9,12,21H,2,10-11,13H2,1H3,(H,20,22). The highest BCUT2D eigenvalue weighted by molar-refractivity contribution is 7.99. The van der Waals surface area contributed by atoms with Crippen LogP contribution < -0.4 is 10.6 Å². The zero-order valence-corrected chi connectivity index (χ0v) is 14.0. The zero-order chi connectivity index (χ0) is 16.5. The molecule has 0 saturated heterocycles. The van der Waals surface area contributed by atoms with Gasteiger partial charge in [0.2, 0.25) is 0 Å². The first kappa shape index (κ1) is 17.3. The van der Waals surface area contributed by atoms with Crippen molar-refractivity contribution in [2.45, 2.75) is 13.5 Å². The number of thioether (sulfide) groups is 1. The molecule has 122 valence electrons. The number of halogens is 1. The highest BCUT2D eigenvalue weighted by atomic mass is 32.2. The molecule has 0 fully saturated rings. The van der Waals surface area contributed by atoms with E-state index >= 15 is 0 Å². The largest absolute Gasteiger partial charge is 0.381 e. The molecule has 0 heterocycles. The van der Waals surface area contributed by atoms with Crippen molar-refractivity contribution in [3.63, 3.8) is 0 Å². The fourth-order valence-corrected chi connectivity index (χ4v) is 2.59. The van der Waals surface area contributed by atoms with Gasteiger partial charge in [0.15, 0.2) is 0 Å². The summed E-state index contributed by atoms with van der Waals surface area (Å²) in [6.07, 6.45) is 0. The molecule has 0 spiro atoms. The Labute approximate surface area is 140 Å². The third kappa shape index (κ3) is 5.94. The Bertz CT molecular complexity index is 631. The molecule has 2 aromatic carbocycles. The summed E-state index contributed by atoms with van der Waals surface area (Å²) in [5.41, 5.74) is 2.48. The molecule has 23 heavy (non-hydrogen) atoms. The molecule has 0 aliphatic rings. The van der Waals surface area contributed by atoms with Crippen molar-refractivity contribution in [3.05, 3.63) is 65.5 Å². The molecule has 0 unspecified atom stereocenters. The van der Waals surface area contributed by atoms with Gasteiger partial charge in [-0.2, -0.15) is 11.8 Å². The molecule has 2 rings (SSSR count). The molecule has 0 bridgehead atoms. The summed E-state index contributed by atoms with van der Waals surface area (Å²) in [5, 5.41) is 6.16. The topological polar surface area (TPSA) is 41.1 Å². The predicted molar refractivity (Wildman–Crippen MR) is 95.5 cm³/mol. The minimum atomic E-state index is -0.242. The third-order valence-corrected chi connectivity index (χ3v) is 4.17. The van der Waals surface area contributed by atoms with Crippen molar-refractivity contribution in [3.8, 4) is 0 Å². The van der Waals surface area contributed by atoms with Crippen molar-refractivity contribution in [1.82, 2.24) is 5.32 Å². The van der Waals surface area contributed by atoms with Crippen LogP contribution in [-0.2, 0) is 6.54 Å². The minimum Gasteiger partial charge on any atom is -0.381 e. The maximum atomic E-state index is 12.9. The Balaban J connectivity index is 1.88. The Morgan fingerprint density at radius 2 is 1.96 bits per heavy atom. The quantitative estimate of drug-likeness (QED) is 0.720. The number of carbonyl (C=O) groups is 1. The number of carbonyl (C=O) groups excluding carboxylic acids is 1. The lowest BCUT2D eigenvalue weighted by molar-refractivity contribution is 0.0956. The van der Waals surface area contributed by atoms with Gasteiger partial charge in [0.1, 0.15) is 5.82 Å². The van der Waals surface area contributed by atoms with Crippen LogP contribution in [0.25, 0.3) is 0 Å². The van der Waals surface area contributed by atoms with Crippen LogP contribution in [-0.4, -0.2) is 24.0 Å². The van der Waals surface area contributed by atoms with Gasteiger partial charge in [0, 0.05) is 30.1 Å². The van der Waals surface area contributed by atoms with Crippen LogP contribution in [0.4, 0.5) is 10.1 Å². The molecular weight excluding hydrogens is 311 g/mol. The van der Waals surface area contributed by atoms with E-state index < -0.39 is 0 Å². The van der Waals surface area contributed by atoms with Gasteiger partial charge in [-0.05, 0) is 41.6 Å². The Kier molecular flexibility index (Phi) is 6.94. The van der Waals surface area contributed by atoms with Crippen molar-refractivity contribution in [2.24, 2.45) is 0 Å². The maximum Gasteiger partial charge on any atom is 0.251 e. The summed E-state index contributed by atoms with van der Waals surface area (Å²) < 4.78 is 12.9. The Hall–Kier alpha value is -2.01. The molecule has 0 aliphatic carbocycles. The number of amides is 1. The summed E-state index contributed by atoms with van der Waals surface area (Å²) in [4.78, 5) is 12.1. The zero-order valence-electron chi connectivity index (χ0n) is 13.1. The highest BCUT2D eigenvalue weighted by Gasteiger charge is 2.05. The average molecular weight is 332 g/mol. The number of benzene rings is 2. The van der Waals surface area contributed by atoms with Gasteiger partial charge in [0.05, 0.1) is 0 Å². The molecule has 0 aliphatic heterocycles. The second-order valence-corrected chi connectivity index (χ2v) is 6.41. The highest BCUT2D eigenvalue weighted by Crippen LogP contribution is 2.13. The van der Waals surface area contributed by atoms with Crippen molar-refractivity contribution >= 4 is 23.4 Å². The summed E-state index contributed by atoms with van der Waals surface area (Å²) in [6.45, 7) is 3.35. The lowest BCUT2D eigenvalue weighted by Gasteiger charge is -2.09. The smallest absolute Gasteiger partial charge is 0.251 e. The lowest BCUT2D eigenvalue weighted by Crippen LogP contribution is -2.25. The summed E-state index contributed by atoms with van der Waals surface area (Å²) in [6, 6.07) is 13.7. The molecule has 0 radical (unpaired) electrons. The van der Waals surface area contributed by atoms with E-state index in [1.165, 1.54) is 12.1 Å². The molecule has 0 atom stereocenters. The van der Waals surface area contributed by atoms with Gasteiger partial charge in [-0.15, -0.1) is 0 Å². The lowest BCUT2D eigenvalue weighted by atomic mass is 10.1. The predicted octanol–water partition coefficient (Wildman–Crippen LogP) is 3.92. The summed E-state index contributed by atoms with van der Waals surface area (Å²) in [5.74, 6) is 1.67. The van der Waals surface area contributed by atoms with Gasteiger partial charge in [-0.3, -0.25) is 4.79 Å². The maximum absolute atomic E-state index is 12.9. The van der Waals surface area contributed by atoms with Gasteiger partial charge < -0.3 is 10.6 Å². The number of nitrogens with one attached hydrogen (secondary N) is 2. The van der Waals surface area contributed by atoms with Gasteiger partial charge in [-0.1, -0.05) is 25.1 Å². The van der Waals surface area contributed by atoms with E-state index in [0.29, 0.717) is 18.7 Å². The van der Waals surface area contributed by atoms with Crippen LogP contribution in [0.5, 0.6) is 0 Å². The van der Waals surface area contributed by atoms with Crippen molar-refractivity contribution in [2.75, 3.05) is 23.4 Å². The fraction of sp³-hybridized carbons (Fsp3) is 0.278. The van der Waals surface area contributed by atoms with E-state index in [-0.39, 0.29) is 11.7 Å². The van der Waals surface area contributed by atoms with E-state index in [4.69, 9.17) is 0 Å². The van der Waals surface area contributed by atoms with Gasteiger partial charge >= 0.3 is 0 Å². The van der Waals surface area contributed by atoms with E-state index in [1.807, 2.05) is 18.2 Å². The minimum absolute atomic E-state index is 0.0628. The van der Waals surface area contributed by atoms with Crippen LogP contribution in [0, 0.1) is 5.82 Å². The Morgan fingerprint density at radius 3 is 2.70 bits per heavy atom. The molecule has 5 heteroatoms. The van der Waals surface area contributed by atoms with E-state index in [2.05, 4.69) is 17.6 Å². The molecule has 2 N–H and O–H groups in total. The number of rotatable bonds is 8. The van der Waals surface area contributed by atoms with Crippen LogP contribution in [0.2, 0.25) is 0 Å². The fourth-order valence-electron chi connectivity index (χ4n) is 2.06. The third-order valence-electron chi connectivity index (χ3n) is 3.27. The van der Waals surface area contributed by atoms with Crippen molar-refractivity contribution < 1.29 is 9.18 Å². The average Bonchev–Trinajstić information content (AvgIpc) is 2.58. The Morgan fingerprint density at radius 1 is 1.17 bits per heavy atom.